The van der Waals surface area contributed by atoms with E-state index in [1.165, 1.54) is 22.0 Å². The molecule has 0 radical (unpaired) electrons. The molecule has 33 heavy (non-hydrogen) atoms. The first-order valence-electron chi connectivity index (χ1n) is 11.1. The van der Waals surface area contributed by atoms with Gasteiger partial charge in [0.25, 0.3) is 0 Å². The summed E-state index contributed by atoms with van der Waals surface area (Å²) in [5.41, 5.74) is 9.87. The van der Waals surface area contributed by atoms with Crippen molar-refractivity contribution in [2.45, 2.75) is 0 Å². The van der Waals surface area contributed by atoms with E-state index in [-0.39, 0.29) is 0 Å². The fourth-order valence-corrected chi connectivity index (χ4v) is 4.49. The van der Waals surface area contributed by atoms with Crippen molar-refractivity contribution in [2.24, 2.45) is 0 Å². The van der Waals surface area contributed by atoms with Crippen molar-refractivity contribution in [2.75, 3.05) is 19.0 Å². The van der Waals surface area contributed by atoms with Crippen LogP contribution in [0.4, 0.5) is 5.69 Å². The topological polar surface area (TPSA) is 47.7 Å². The molecule has 0 unspecified atom stereocenters. The lowest BCUT2D eigenvalue weighted by Crippen LogP contribution is -2.07. The maximum Gasteiger partial charge on any atom is 0.0737 e. The molecule has 0 fully saturated rings. The molecule has 4 nitrogen and oxygen atoms in total. The summed E-state index contributed by atoms with van der Waals surface area (Å²) < 4.78 is 0. The van der Waals surface area contributed by atoms with Crippen molar-refractivity contribution in [3.8, 4) is 33.6 Å². The SMILES string of the molecule is CN(C)c1ccc(-c2cc(-c3c[nH]c4ccccc34)nc(-c3c[nH]c4ccccc34)c2)cc1. The molecule has 3 aromatic heterocycles. The van der Waals surface area contributed by atoms with Gasteiger partial charge in [-0.3, -0.25) is 0 Å². The first-order valence-corrected chi connectivity index (χ1v) is 11.1. The highest BCUT2D eigenvalue weighted by molar-refractivity contribution is 5.98. The molecule has 0 aliphatic heterocycles. The molecule has 0 aliphatic carbocycles. The Kier molecular flexibility index (Phi) is 4.51. The normalized spacial score (nSPS) is 11.3. The molecule has 0 saturated carbocycles. The van der Waals surface area contributed by atoms with E-state index < -0.39 is 0 Å². The summed E-state index contributed by atoms with van der Waals surface area (Å²) in [4.78, 5) is 14.1. The van der Waals surface area contributed by atoms with Crippen molar-refractivity contribution in [1.82, 2.24) is 15.0 Å². The van der Waals surface area contributed by atoms with Gasteiger partial charge in [-0.1, -0.05) is 48.5 Å². The zero-order valence-corrected chi connectivity index (χ0v) is 18.6. The van der Waals surface area contributed by atoms with Crippen LogP contribution in [0.2, 0.25) is 0 Å². The molecule has 0 saturated heterocycles. The molecule has 3 aromatic carbocycles. The molecule has 6 rings (SSSR count). The summed E-state index contributed by atoms with van der Waals surface area (Å²) in [5.74, 6) is 0. The molecule has 4 heteroatoms. The van der Waals surface area contributed by atoms with Gasteiger partial charge in [-0.2, -0.15) is 0 Å². The van der Waals surface area contributed by atoms with E-state index in [2.05, 4.69) is 126 Å². The molecule has 0 aliphatic rings. The zero-order chi connectivity index (χ0) is 22.4. The average molecular weight is 429 g/mol. The Morgan fingerprint density at radius 1 is 0.606 bits per heavy atom. The summed E-state index contributed by atoms with van der Waals surface area (Å²) in [6.45, 7) is 0. The Bertz CT molecular complexity index is 1490. The lowest BCUT2D eigenvalue weighted by atomic mass is 9.99. The minimum absolute atomic E-state index is 0.960. The van der Waals surface area contributed by atoms with Gasteiger partial charge in [-0.15, -0.1) is 0 Å². The van der Waals surface area contributed by atoms with Crippen LogP contribution in [0.15, 0.2) is 97.3 Å². The molecule has 6 aromatic rings. The lowest BCUT2D eigenvalue weighted by molar-refractivity contribution is 1.13. The second-order valence-corrected chi connectivity index (χ2v) is 8.56. The molecular formula is C29H24N4. The summed E-state index contributed by atoms with van der Waals surface area (Å²) in [6.07, 6.45) is 4.12. The Morgan fingerprint density at radius 3 is 1.64 bits per heavy atom. The van der Waals surface area contributed by atoms with E-state index in [1.807, 2.05) is 0 Å². The summed E-state index contributed by atoms with van der Waals surface area (Å²) in [6, 6.07) is 29.8. The van der Waals surface area contributed by atoms with Gasteiger partial charge in [0, 0.05) is 65.1 Å². The van der Waals surface area contributed by atoms with Crippen LogP contribution in [0.1, 0.15) is 0 Å². The quantitative estimate of drug-likeness (QED) is 0.314. The maximum absolute atomic E-state index is 5.14. The number of fused-ring (bicyclic) bond motifs is 2. The van der Waals surface area contributed by atoms with Gasteiger partial charge in [0.1, 0.15) is 0 Å². The van der Waals surface area contributed by atoms with Crippen LogP contribution in [-0.2, 0) is 0 Å². The van der Waals surface area contributed by atoms with Crippen molar-refractivity contribution in [3.63, 3.8) is 0 Å². The number of hydrogen-bond donors (Lipinski definition) is 2. The first kappa shape index (κ1) is 19.4. The van der Waals surface area contributed by atoms with Crippen molar-refractivity contribution < 1.29 is 0 Å². The van der Waals surface area contributed by atoms with Gasteiger partial charge in [0.15, 0.2) is 0 Å². The predicted molar refractivity (Wildman–Crippen MR) is 139 cm³/mol. The Hall–Kier alpha value is -4.31. The van der Waals surface area contributed by atoms with Crippen LogP contribution in [0.3, 0.4) is 0 Å². The molecule has 2 N–H and O–H groups in total. The molecule has 0 bridgehead atoms. The summed E-state index contributed by atoms with van der Waals surface area (Å²) in [7, 11) is 4.12. The maximum atomic E-state index is 5.14. The molecule has 3 heterocycles. The van der Waals surface area contributed by atoms with Gasteiger partial charge in [-0.25, -0.2) is 4.98 Å². The van der Waals surface area contributed by atoms with Crippen LogP contribution in [0.5, 0.6) is 0 Å². The number of anilines is 1. The van der Waals surface area contributed by atoms with Crippen LogP contribution in [0.25, 0.3) is 55.4 Å². The van der Waals surface area contributed by atoms with Crippen molar-refractivity contribution in [3.05, 3.63) is 97.3 Å². The van der Waals surface area contributed by atoms with Crippen LogP contribution in [0, 0.1) is 0 Å². The Morgan fingerprint density at radius 2 is 1.12 bits per heavy atom. The van der Waals surface area contributed by atoms with E-state index in [0.29, 0.717) is 0 Å². The number of nitrogens with one attached hydrogen (secondary N) is 2. The van der Waals surface area contributed by atoms with Crippen molar-refractivity contribution >= 4 is 27.5 Å². The number of nitrogens with zero attached hydrogens (tertiary/aromatic N) is 2. The molecular weight excluding hydrogens is 404 g/mol. The van der Waals surface area contributed by atoms with Crippen LogP contribution in [-0.4, -0.2) is 29.0 Å². The number of rotatable bonds is 4. The Labute approximate surface area is 192 Å². The number of aromatic nitrogens is 3. The molecule has 0 spiro atoms. The second kappa shape index (κ2) is 7.68. The third-order valence-electron chi connectivity index (χ3n) is 6.27. The fourth-order valence-electron chi connectivity index (χ4n) is 4.49. The highest BCUT2D eigenvalue weighted by Crippen LogP contribution is 2.36. The molecule has 0 atom stereocenters. The smallest absolute Gasteiger partial charge is 0.0737 e. The van der Waals surface area contributed by atoms with E-state index in [1.54, 1.807) is 0 Å². The number of hydrogen-bond acceptors (Lipinski definition) is 2. The average Bonchev–Trinajstić information content (AvgIpc) is 3.48. The minimum atomic E-state index is 0.960. The number of para-hydroxylation sites is 2. The van der Waals surface area contributed by atoms with E-state index in [4.69, 9.17) is 4.98 Å². The highest BCUT2D eigenvalue weighted by atomic mass is 15.1. The van der Waals surface area contributed by atoms with Crippen LogP contribution < -0.4 is 4.90 Å². The van der Waals surface area contributed by atoms with Crippen molar-refractivity contribution in [1.29, 1.82) is 0 Å². The molecule has 0 amide bonds. The predicted octanol–water partition coefficient (Wildman–Crippen LogP) is 7.11. The van der Waals surface area contributed by atoms with Gasteiger partial charge in [-0.05, 0) is 47.5 Å². The van der Waals surface area contributed by atoms with Gasteiger partial charge in [0.2, 0.25) is 0 Å². The van der Waals surface area contributed by atoms with E-state index in [9.17, 15) is 0 Å². The third-order valence-corrected chi connectivity index (χ3v) is 6.27. The van der Waals surface area contributed by atoms with Crippen LogP contribution >= 0.6 is 0 Å². The number of pyridine rings is 1. The highest BCUT2D eigenvalue weighted by Gasteiger charge is 2.14. The summed E-state index contributed by atoms with van der Waals surface area (Å²) in [5, 5.41) is 2.35. The van der Waals surface area contributed by atoms with E-state index >= 15 is 0 Å². The fraction of sp³-hybridized carbons (Fsp3) is 0.0690. The standard InChI is InChI=1S/C29H24N4/c1-33(2)21-13-11-19(12-14-21)20-15-28(24-17-30-26-9-5-3-7-22(24)26)32-29(16-20)25-18-31-27-10-6-4-8-23(25)27/h3-18,30-31H,1-2H3. The zero-order valence-electron chi connectivity index (χ0n) is 18.6. The Balaban J connectivity index is 1.58. The van der Waals surface area contributed by atoms with Gasteiger partial charge in [0.05, 0.1) is 11.4 Å². The largest absolute Gasteiger partial charge is 0.378 e. The van der Waals surface area contributed by atoms with E-state index in [0.717, 1.165) is 39.1 Å². The number of benzene rings is 3. The lowest BCUT2D eigenvalue weighted by Gasteiger charge is -2.14. The number of aromatic amines is 2. The first-order chi connectivity index (χ1) is 16.2. The van der Waals surface area contributed by atoms with Gasteiger partial charge < -0.3 is 14.9 Å². The second-order valence-electron chi connectivity index (χ2n) is 8.56. The minimum Gasteiger partial charge on any atom is -0.378 e. The monoisotopic (exact) mass is 428 g/mol. The summed E-state index contributed by atoms with van der Waals surface area (Å²) >= 11 is 0. The number of H-pyrrole nitrogens is 2. The third kappa shape index (κ3) is 3.37. The molecule has 160 valence electrons. The van der Waals surface area contributed by atoms with Gasteiger partial charge >= 0.3 is 0 Å².